The third kappa shape index (κ3) is 7.94. The van der Waals surface area contributed by atoms with Crippen LogP contribution >= 0.6 is 0 Å². The summed E-state index contributed by atoms with van der Waals surface area (Å²) < 4.78 is 16.1. The zero-order valence-electron chi connectivity index (χ0n) is 18.5. The smallest absolute Gasteiger partial charge is 0.412 e. The molecule has 0 unspecified atom stereocenters. The highest BCUT2D eigenvalue weighted by Gasteiger charge is 2.34. The van der Waals surface area contributed by atoms with Crippen LogP contribution in [0.2, 0.25) is 0 Å². The van der Waals surface area contributed by atoms with E-state index in [1.54, 1.807) is 45.0 Å². The summed E-state index contributed by atoms with van der Waals surface area (Å²) >= 11 is 0. The van der Waals surface area contributed by atoms with Crippen molar-refractivity contribution in [2.24, 2.45) is 0 Å². The minimum absolute atomic E-state index is 0.0663. The molecule has 2 aromatic rings. The summed E-state index contributed by atoms with van der Waals surface area (Å²) in [4.78, 5) is 27.1. The largest absolute Gasteiger partial charge is 0.508 e. The molecule has 7 heteroatoms. The van der Waals surface area contributed by atoms with Crippen LogP contribution < -0.4 is 0 Å². The third-order valence-electron chi connectivity index (χ3n) is 4.42. The standard InChI is InChI=1S/C24H31NO6/c1-24(2,3)31-23(28)25(17-29-4)20(16-18-10-6-5-7-11-18)22(27)30-15-14-19-12-8-9-13-21(19)26/h5-13,20,26H,14-17H2,1-4H3/t20-/m0/s1. The van der Waals surface area contributed by atoms with Crippen molar-refractivity contribution in [3.8, 4) is 5.75 Å². The highest BCUT2D eigenvalue weighted by Crippen LogP contribution is 2.18. The number of hydrogen-bond donors (Lipinski definition) is 1. The Balaban J connectivity index is 2.17. The van der Waals surface area contributed by atoms with E-state index in [0.717, 1.165) is 5.56 Å². The number of ether oxygens (including phenoxy) is 3. The molecule has 0 fully saturated rings. The molecular weight excluding hydrogens is 398 g/mol. The van der Waals surface area contributed by atoms with Crippen LogP contribution in [0, 0.1) is 0 Å². The summed E-state index contributed by atoms with van der Waals surface area (Å²) in [6, 6.07) is 15.3. The zero-order valence-corrected chi connectivity index (χ0v) is 18.5. The predicted molar refractivity (Wildman–Crippen MR) is 117 cm³/mol. The second kappa shape index (κ2) is 11.4. The van der Waals surface area contributed by atoms with E-state index in [0.29, 0.717) is 12.0 Å². The van der Waals surface area contributed by atoms with Crippen molar-refractivity contribution in [3.63, 3.8) is 0 Å². The average molecular weight is 430 g/mol. The van der Waals surface area contributed by atoms with Crippen molar-refractivity contribution in [1.82, 2.24) is 4.90 Å². The molecule has 0 radical (unpaired) electrons. The molecule has 0 aromatic heterocycles. The molecule has 7 nitrogen and oxygen atoms in total. The molecule has 168 valence electrons. The zero-order chi connectivity index (χ0) is 22.9. The number of hydrogen-bond acceptors (Lipinski definition) is 6. The number of para-hydroxylation sites is 1. The van der Waals surface area contributed by atoms with E-state index < -0.39 is 23.7 Å². The predicted octanol–water partition coefficient (Wildman–Crippen LogP) is 3.93. The van der Waals surface area contributed by atoms with Gasteiger partial charge in [0.05, 0.1) is 6.61 Å². The Hall–Kier alpha value is -3.06. The number of carbonyl (C=O) groups is 2. The number of nitrogens with zero attached hydrogens (tertiary/aromatic N) is 1. The van der Waals surface area contributed by atoms with Crippen LogP contribution in [0.15, 0.2) is 54.6 Å². The molecule has 0 saturated carbocycles. The van der Waals surface area contributed by atoms with Crippen molar-refractivity contribution >= 4 is 12.1 Å². The molecule has 0 spiro atoms. The Morgan fingerprint density at radius 1 is 1.03 bits per heavy atom. The van der Waals surface area contributed by atoms with Gasteiger partial charge >= 0.3 is 12.1 Å². The van der Waals surface area contributed by atoms with E-state index in [-0.39, 0.29) is 25.5 Å². The first-order chi connectivity index (χ1) is 14.7. The molecule has 1 atom stereocenters. The van der Waals surface area contributed by atoms with Gasteiger partial charge in [0, 0.05) is 20.0 Å². The minimum Gasteiger partial charge on any atom is -0.508 e. The molecule has 2 rings (SSSR count). The van der Waals surface area contributed by atoms with Crippen LogP contribution in [0.5, 0.6) is 5.75 Å². The van der Waals surface area contributed by atoms with Crippen molar-refractivity contribution in [2.45, 2.75) is 45.3 Å². The lowest BCUT2D eigenvalue weighted by Gasteiger charge is -2.31. The molecule has 1 N–H and O–H groups in total. The molecule has 0 aliphatic rings. The van der Waals surface area contributed by atoms with Gasteiger partial charge in [-0.15, -0.1) is 0 Å². The summed E-state index contributed by atoms with van der Waals surface area (Å²) in [5.74, 6) is -0.420. The van der Waals surface area contributed by atoms with Crippen molar-refractivity contribution in [3.05, 3.63) is 65.7 Å². The van der Waals surface area contributed by atoms with Crippen molar-refractivity contribution < 1.29 is 28.9 Å². The van der Waals surface area contributed by atoms with E-state index >= 15 is 0 Å². The average Bonchev–Trinajstić information content (AvgIpc) is 2.71. The Labute approximate surface area is 183 Å². The summed E-state index contributed by atoms with van der Waals surface area (Å²) in [5.41, 5.74) is 0.820. The minimum atomic E-state index is -0.929. The van der Waals surface area contributed by atoms with Crippen LogP contribution in [0.3, 0.4) is 0 Å². The number of esters is 1. The molecule has 0 saturated heterocycles. The van der Waals surface area contributed by atoms with Gasteiger partial charge in [0.1, 0.15) is 24.1 Å². The summed E-state index contributed by atoms with van der Waals surface area (Å²) in [6.45, 7) is 5.21. The highest BCUT2D eigenvalue weighted by atomic mass is 16.6. The number of amides is 1. The van der Waals surface area contributed by atoms with Gasteiger partial charge in [-0.3, -0.25) is 4.90 Å². The number of benzene rings is 2. The van der Waals surface area contributed by atoms with Gasteiger partial charge in [-0.25, -0.2) is 9.59 Å². The van der Waals surface area contributed by atoms with Gasteiger partial charge < -0.3 is 19.3 Å². The normalized spacial score (nSPS) is 12.1. The lowest BCUT2D eigenvalue weighted by molar-refractivity contribution is -0.151. The number of phenolic OH excluding ortho intramolecular Hbond substituents is 1. The number of carbonyl (C=O) groups excluding carboxylic acids is 2. The van der Waals surface area contributed by atoms with E-state index in [1.807, 2.05) is 30.3 Å². The molecule has 2 aromatic carbocycles. The molecule has 1 amide bonds. The van der Waals surface area contributed by atoms with Crippen LogP contribution in [0.4, 0.5) is 4.79 Å². The molecule has 0 bridgehead atoms. The summed E-state index contributed by atoms with van der Waals surface area (Å²) in [7, 11) is 1.44. The molecule has 0 heterocycles. The Kier molecular flexibility index (Phi) is 8.88. The van der Waals surface area contributed by atoms with Gasteiger partial charge in [-0.2, -0.15) is 0 Å². The summed E-state index contributed by atoms with van der Waals surface area (Å²) in [6.07, 6.45) is -0.0561. The monoisotopic (exact) mass is 429 g/mol. The maximum Gasteiger partial charge on any atom is 0.412 e. The molecule has 31 heavy (non-hydrogen) atoms. The van der Waals surface area contributed by atoms with E-state index in [9.17, 15) is 14.7 Å². The van der Waals surface area contributed by atoms with Crippen LogP contribution in [-0.4, -0.2) is 54.2 Å². The first kappa shape index (κ1) is 24.2. The quantitative estimate of drug-likeness (QED) is 0.480. The first-order valence-electron chi connectivity index (χ1n) is 10.2. The second-order valence-corrected chi connectivity index (χ2v) is 8.12. The van der Waals surface area contributed by atoms with E-state index in [4.69, 9.17) is 14.2 Å². The van der Waals surface area contributed by atoms with Crippen LogP contribution in [0.1, 0.15) is 31.9 Å². The number of methoxy groups -OCH3 is 1. The lowest BCUT2D eigenvalue weighted by atomic mass is 10.1. The van der Waals surface area contributed by atoms with Crippen molar-refractivity contribution in [1.29, 1.82) is 0 Å². The fraction of sp³-hybridized carbons (Fsp3) is 0.417. The molecule has 0 aliphatic carbocycles. The van der Waals surface area contributed by atoms with Gasteiger partial charge in [-0.1, -0.05) is 48.5 Å². The summed E-state index contributed by atoms with van der Waals surface area (Å²) in [5, 5.41) is 9.89. The van der Waals surface area contributed by atoms with Gasteiger partial charge in [-0.05, 0) is 38.0 Å². The van der Waals surface area contributed by atoms with E-state index in [1.165, 1.54) is 12.0 Å². The Bertz CT molecular complexity index is 847. The Morgan fingerprint density at radius 2 is 1.68 bits per heavy atom. The van der Waals surface area contributed by atoms with Gasteiger partial charge in [0.15, 0.2) is 0 Å². The highest BCUT2D eigenvalue weighted by molar-refractivity contribution is 5.82. The van der Waals surface area contributed by atoms with Crippen molar-refractivity contribution in [2.75, 3.05) is 20.4 Å². The van der Waals surface area contributed by atoms with Crippen LogP contribution in [0.25, 0.3) is 0 Å². The maximum absolute atomic E-state index is 13.0. The Morgan fingerprint density at radius 3 is 2.29 bits per heavy atom. The van der Waals surface area contributed by atoms with E-state index in [2.05, 4.69) is 0 Å². The molecular formula is C24H31NO6. The molecule has 0 aliphatic heterocycles. The SMILES string of the molecule is COCN(C(=O)OC(C)(C)C)[C@@H](Cc1ccccc1)C(=O)OCCc1ccccc1O. The third-order valence-corrected chi connectivity index (χ3v) is 4.42. The van der Waals surface area contributed by atoms with Gasteiger partial charge in [0.2, 0.25) is 0 Å². The second-order valence-electron chi connectivity index (χ2n) is 8.12. The lowest BCUT2D eigenvalue weighted by Crippen LogP contribution is -2.49. The number of rotatable bonds is 9. The number of phenols is 1. The topological polar surface area (TPSA) is 85.3 Å². The van der Waals surface area contributed by atoms with Gasteiger partial charge in [0.25, 0.3) is 0 Å². The van der Waals surface area contributed by atoms with Crippen LogP contribution in [-0.2, 0) is 31.8 Å². The fourth-order valence-corrected chi connectivity index (χ4v) is 2.97. The fourth-order valence-electron chi connectivity index (χ4n) is 2.97. The number of aromatic hydroxyl groups is 1. The maximum atomic E-state index is 13.0. The first-order valence-corrected chi connectivity index (χ1v) is 10.2.